The zero-order valence-corrected chi connectivity index (χ0v) is 23.6. The number of methoxy groups -OCH3 is 1. The maximum Gasteiger partial charge on any atom is 0.233 e. The van der Waals surface area contributed by atoms with Crippen molar-refractivity contribution in [1.29, 1.82) is 0 Å². The highest BCUT2D eigenvalue weighted by Crippen LogP contribution is 2.22. The van der Waals surface area contributed by atoms with Gasteiger partial charge in [0.1, 0.15) is 5.75 Å². The summed E-state index contributed by atoms with van der Waals surface area (Å²) in [6, 6.07) is 15.5. The van der Waals surface area contributed by atoms with E-state index >= 15 is 0 Å². The summed E-state index contributed by atoms with van der Waals surface area (Å²) in [6.45, 7) is 5.29. The summed E-state index contributed by atoms with van der Waals surface area (Å²) in [4.78, 5) is 28.4. The molecule has 12 heteroatoms. The number of aromatic nitrogens is 3. The Balaban J connectivity index is 1.29. The summed E-state index contributed by atoms with van der Waals surface area (Å²) >= 11 is 0. The van der Waals surface area contributed by atoms with Gasteiger partial charge in [0.25, 0.3) is 0 Å². The predicted molar refractivity (Wildman–Crippen MR) is 159 cm³/mol. The number of hydrogen-bond acceptors (Lipinski definition) is 11. The molecule has 0 saturated carbocycles. The Morgan fingerprint density at radius 1 is 0.878 bits per heavy atom. The molecule has 220 valence electrons. The van der Waals surface area contributed by atoms with Crippen molar-refractivity contribution in [2.24, 2.45) is 5.73 Å². The Hall–Kier alpha value is -4.00. The van der Waals surface area contributed by atoms with Gasteiger partial charge in [0.15, 0.2) is 0 Å². The highest BCUT2D eigenvalue weighted by molar-refractivity contribution is 5.78. The monoisotopic (exact) mass is 564 g/mol. The maximum atomic E-state index is 12.3. The number of anilines is 4. The van der Waals surface area contributed by atoms with Crippen LogP contribution in [0.25, 0.3) is 0 Å². The second-order valence-electron chi connectivity index (χ2n) is 9.54. The van der Waals surface area contributed by atoms with Gasteiger partial charge in [-0.3, -0.25) is 4.79 Å². The van der Waals surface area contributed by atoms with Crippen LogP contribution in [-0.2, 0) is 27.2 Å². The van der Waals surface area contributed by atoms with Gasteiger partial charge < -0.3 is 40.8 Å². The number of benzene rings is 2. The molecule has 41 heavy (non-hydrogen) atoms. The molecule has 3 aromatic rings. The number of ether oxygens (including phenoxy) is 3. The highest BCUT2D eigenvalue weighted by atomic mass is 16.5. The van der Waals surface area contributed by atoms with E-state index in [-0.39, 0.29) is 12.3 Å². The van der Waals surface area contributed by atoms with Crippen molar-refractivity contribution in [2.45, 2.75) is 25.8 Å². The Labute approximate surface area is 241 Å². The third-order valence-corrected chi connectivity index (χ3v) is 6.40. The molecule has 5 N–H and O–H groups in total. The lowest BCUT2D eigenvalue weighted by Gasteiger charge is -2.17. The molecular formula is C29H40N8O4. The number of nitrogens with one attached hydrogen (secondary N) is 3. The summed E-state index contributed by atoms with van der Waals surface area (Å²) in [7, 11) is 1.65. The van der Waals surface area contributed by atoms with Crippen LogP contribution in [0.3, 0.4) is 0 Å². The van der Waals surface area contributed by atoms with Crippen molar-refractivity contribution in [3.8, 4) is 5.75 Å². The van der Waals surface area contributed by atoms with Crippen LogP contribution in [0.15, 0.2) is 48.5 Å². The molecule has 0 bridgehead atoms. The zero-order valence-electron chi connectivity index (χ0n) is 23.6. The van der Waals surface area contributed by atoms with Crippen molar-refractivity contribution in [3.05, 3.63) is 59.7 Å². The van der Waals surface area contributed by atoms with Crippen LogP contribution >= 0.6 is 0 Å². The van der Waals surface area contributed by atoms with E-state index in [0.717, 1.165) is 48.5 Å². The van der Waals surface area contributed by atoms with Gasteiger partial charge in [0.05, 0.1) is 40.0 Å². The maximum absolute atomic E-state index is 12.3. The lowest BCUT2D eigenvalue weighted by Crippen LogP contribution is -2.29. The minimum absolute atomic E-state index is 0.0611. The van der Waals surface area contributed by atoms with Crippen molar-refractivity contribution < 1.29 is 19.0 Å². The van der Waals surface area contributed by atoms with E-state index in [1.807, 2.05) is 48.5 Å². The summed E-state index contributed by atoms with van der Waals surface area (Å²) in [5.41, 5.74) is 8.17. The molecule has 1 saturated heterocycles. The van der Waals surface area contributed by atoms with Gasteiger partial charge >= 0.3 is 0 Å². The topological polar surface area (TPSA) is 149 Å². The minimum Gasteiger partial charge on any atom is -0.497 e. The molecule has 1 fully saturated rings. The molecule has 0 aliphatic carbocycles. The van der Waals surface area contributed by atoms with Gasteiger partial charge in [0.2, 0.25) is 23.8 Å². The molecule has 0 spiro atoms. The fraction of sp³-hybridized carbons (Fsp3) is 0.448. The summed E-state index contributed by atoms with van der Waals surface area (Å²) in [6.07, 6.45) is 2.52. The molecule has 0 radical (unpaired) electrons. The van der Waals surface area contributed by atoms with Crippen LogP contribution in [0, 0.1) is 0 Å². The van der Waals surface area contributed by atoms with Gasteiger partial charge in [-0.15, -0.1) is 0 Å². The van der Waals surface area contributed by atoms with Crippen molar-refractivity contribution >= 4 is 29.4 Å². The zero-order chi connectivity index (χ0) is 28.7. The van der Waals surface area contributed by atoms with E-state index in [4.69, 9.17) is 19.9 Å². The van der Waals surface area contributed by atoms with Crippen LogP contribution in [0.2, 0.25) is 0 Å². The molecule has 1 aliphatic rings. The average molecular weight is 565 g/mol. The Morgan fingerprint density at radius 3 is 2.27 bits per heavy atom. The molecule has 0 unspecified atom stereocenters. The van der Waals surface area contributed by atoms with Gasteiger partial charge in [-0.05, 0) is 48.2 Å². The average Bonchev–Trinajstić information content (AvgIpc) is 3.54. The fourth-order valence-corrected chi connectivity index (χ4v) is 4.23. The van der Waals surface area contributed by atoms with E-state index in [1.54, 1.807) is 7.11 Å². The van der Waals surface area contributed by atoms with Crippen LogP contribution < -0.4 is 31.3 Å². The molecule has 4 rings (SSSR count). The minimum atomic E-state index is -0.0611. The molecule has 1 aromatic heterocycles. The number of carbonyl (C=O) groups is 1. The number of rotatable bonds is 17. The first kappa shape index (κ1) is 30.0. The second kappa shape index (κ2) is 16.3. The molecule has 1 aliphatic heterocycles. The van der Waals surface area contributed by atoms with E-state index in [0.29, 0.717) is 63.9 Å². The normalized spacial score (nSPS) is 12.8. The quantitative estimate of drug-likeness (QED) is 0.179. The number of nitrogens with two attached hydrogens (primary N) is 1. The predicted octanol–water partition coefficient (Wildman–Crippen LogP) is 2.49. The number of amides is 1. The van der Waals surface area contributed by atoms with Gasteiger partial charge in [-0.25, -0.2) is 0 Å². The SMILES string of the molecule is COc1ccc(CNc2nc(Nc3ccc(CC(=O)NCCOCCOCCN)cc3)nc(N3CCCC3)n2)cc1. The number of hydrogen-bond donors (Lipinski definition) is 4. The Morgan fingerprint density at radius 2 is 1.56 bits per heavy atom. The van der Waals surface area contributed by atoms with Crippen molar-refractivity contribution in [2.75, 3.05) is 75.2 Å². The van der Waals surface area contributed by atoms with Crippen LogP contribution in [0.4, 0.5) is 23.5 Å². The number of carbonyl (C=O) groups excluding carboxylic acids is 1. The molecule has 2 heterocycles. The Kier molecular flexibility index (Phi) is 11.9. The first-order valence-corrected chi connectivity index (χ1v) is 14.0. The molecule has 0 atom stereocenters. The largest absolute Gasteiger partial charge is 0.497 e. The summed E-state index contributed by atoms with van der Waals surface area (Å²) < 4.78 is 15.9. The summed E-state index contributed by atoms with van der Waals surface area (Å²) in [5, 5.41) is 9.48. The van der Waals surface area contributed by atoms with Crippen molar-refractivity contribution in [1.82, 2.24) is 20.3 Å². The molecular weight excluding hydrogens is 524 g/mol. The van der Waals surface area contributed by atoms with Gasteiger partial charge in [0, 0.05) is 38.4 Å². The van der Waals surface area contributed by atoms with E-state index in [2.05, 4.69) is 35.8 Å². The van der Waals surface area contributed by atoms with Crippen LogP contribution in [-0.4, -0.2) is 80.6 Å². The van der Waals surface area contributed by atoms with E-state index in [9.17, 15) is 4.79 Å². The molecule has 1 amide bonds. The van der Waals surface area contributed by atoms with E-state index < -0.39 is 0 Å². The third kappa shape index (κ3) is 10.2. The Bertz CT molecular complexity index is 1200. The lowest BCUT2D eigenvalue weighted by molar-refractivity contribution is -0.120. The first-order valence-electron chi connectivity index (χ1n) is 14.0. The highest BCUT2D eigenvalue weighted by Gasteiger charge is 2.18. The third-order valence-electron chi connectivity index (χ3n) is 6.40. The van der Waals surface area contributed by atoms with Crippen molar-refractivity contribution in [3.63, 3.8) is 0 Å². The van der Waals surface area contributed by atoms with Gasteiger partial charge in [-0.2, -0.15) is 15.0 Å². The second-order valence-corrected chi connectivity index (χ2v) is 9.54. The first-order chi connectivity index (χ1) is 20.1. The molecule has 2 aromatic carbocycles. The van der Waals surface area contributed by atoms with Crippen LogP contribution in [0.1, 0.15) is 24.0 Å². The standard InChI is InChI=1S/C29H40N8O4/c1-39-25-10-6-23(7-11-25)21-32-27-34-28(36-29(35-27)37-14-2-3-15-37)33-24-8-4-22(5-9-24)20-26(38)31-13-17-41-19-18-40-16-12-30/h4-11H,2-3,12-21,30H2,1H3,(H,31,38)(H2,32,33,34,35,36). The molecule has 12 nitrogen and oxygen atoms in total. The summed E-state index contributed by atoms with van der Waals surface area (Å²) in [5.74, 6) is 2.36. The number of nitrogens with zero attached hydrogens (tertiary/aromatic N) is 4. The smallest absolute Gasteiger partial charge is 0.233 e. The van der Waals surface area contributed by atoms with Gasteiger partial charge in [-0.1, -0.05) is 24.3 Å². The van der Waals surface area contributed by atoms with Crippen LogP contribution in [0.5, 0.6) is 5.75 Å². The lowest BCUT2D eigenvalue weighted by atomic mass is 10.1. The fourth-order valence-electron chi connectivity index (χ4n) is 4.23. The van der Waals surface area contributed by atoms with E-state index in [1.165, 1.54) is 0 Å².